The Kier molecular flexibility index (Phi) is 53.2. The lowest BCUT2D eigenvalue weighted by Gasteiger charge is -2.36. The minimum absolute atomic E-state index is 0.00995. The van der Waals surface area contributed by atoms with Crippen molar-refractivity contribution in [3.63, 3.8) is 0 Å². The molecule has 0 unspecified atom stereocenters. The van der Waals surface area contributed by atoms with Crippen LogP contribution in [0.2, 0.25) is 0 Å². The van der Waals surface area contributed by atoms with E-state index in [1.54, 1.807) is 19.6 Å². The van der Waals surface area contributed by atoms with Crippen molar-refractivity contribution in [2.75, 3.05) is 334 Å². The van der Waals surface area contributed by atoms with Gasteiger partial charge in [-0.05, 0) is 27.7 Å². The Bertz CT molecular complexity index is 3570. The molecule has 0 aromatic heterocycles. The SMILES string of the molecule is C[C@H](C(=O)NCC(=O)NCC(CNC(=O)CNC(=O)[C@@H](C)N1CCN(CC(=O)O)CCN(CC(=O)O)CCN(CC(=O)O)CC1)(CNC(=O)CNC(=O)[C@@H](C)N1CCN(CC(=O)O)CCN(CC(=O)O)CCN(CC(=O)O)CC1)NC(=O)CNC(=O)[C@@H](C)N1CCN(CC(=O)O)CCN(CC(=O)O)CCN(CC(=O)O)CC1)N1CCN(CC(=O)O)CCN(CC(=O)O)CCN(CC(=O)O)CC1. The highest BCUT2D eigenvalue weighted by Crippen LogP contribution is 2.14. The minimum Gasteiger partial charge on any atom is -0.480 e. The molecular formula is C80H138N24O32. The van der Waals surface area contributed by atoms with Crippen molar-refractivity contribution in [1.29, 1.82) is 0 Å². The van der Waals surface area contributed by atoms with Gasteiger partial charge in [0.25, 0.3) is 0 Å². The highest BCUT2D eigenvalue weighted by molar-refractivity contribution is 5.91. The molecule has 0 saturated carbocycles. The summed E-state index contributed by atoms with van der Waals surface area (Å²) in [6.07, 6.45) is 0. The van der Waals surface area contributed by atoms with Crippen LogP contribution < -0.4 is 42.5 Å². The average molecular weight is 1950 g/mol. The summed E-state index contributed by atoms with van der Waals surface area (Å²) in [5, 5.41) is 138. The van der Waals surface area contributed by atoms with E-state index in [0.29, 0.717) is 0 Å². The second-order valence-corrected chi connectivity index (χ2v) is 33.9. The highest BCUT2D eigenvalue weighted by atomic mass is 16.4. The van der Waals surface area contributed by atoms with E-state index in [-0.39, 0.29) is 209 Å². The molecule has 0 aromatic carbocycles. The molecule has 0 bridgehead atoms. The third-order valence-corrected chi connectivity index (χ3v) is 23.5. The number of carboxylic acids is 12. The van der Waals surface area contributed by atoms with Gasteiger partial charge in [0.15, 0.2) is 0 Å². The van der Waals surface area contributed by atoms with Crippen LogP contribution in [0.3, 0.4) is 0 Å². The van der Waals surface area contributed by atoms with Crippen LogP contribution in [0, 0.1) is 0 Å². The lowest BCUT2D eigenvalue weighted by Crippen LogP contribution is -2.68. The van der Waals surface area contributed by atoms with Gasteiger partial charge in [-0.2, -0.15) is 0 Å². The molecule has 56 nitrogen and oxygen atoms in total. The summed E-state index contributed by atoms with van der Waals surface area (Å²) in [6, 6.07) is -4.67. The summed E-state index contributed by atoms with van der Waals surface area (Å²) < 4.78 is 0. The highest BCUT2D eigenvalue weighted by Gasteiger charge is 2.38. The van der Waals surface area contributed by atoms with Crippen LogP contribution in [-0.4, -0.2) is 622 Å². The van der Waals surface area contributed by atoms with Gasteiger partial charge < -0.3 is 104 Å². The van der Waals surface area contributed by atoms with E-state index in [0.717, 1.165) is 0 Å². The topological polar surface area (TPSA) is 732 Å². The number of nitrogens with one attached hydrogen (secondary N) is 8. The molecule has 4 aliphatic heterocycles. The second-order valence-electron chi connectivity index (χ2n) is 33.9. The summed E-state index contributed by atoms with van der Waals surface area (Å²) in [5.74, 6) is -22.0. The Hall–Kier alpha value is -11.2. The molecule has 0 aliphatic carbocycles. The molecule has 0 aromatic rings. The van der Waals surface area contributed by atoms with E-state index < -0.39 is 273 Å². The van der Waals surface area contributed by atoms with Gasteiger partial charge in [-0.1, -0.05) is 0 Å². The molecule has 4 saturated heterocycles. The summed E-state index contributed by atoms with van der Waals surface area (Å²) in [4.78, 5) is 285. The first-order valence-corrected chi connectivity index (χ1v) is 44.6. The Labute approximate surface area is 785 Å². The number of nitrogens with zero attached hydrogens (tertiary/aromatic N) is 16. The number of rotatable bonds is 47. The third-order valence-electron chi connectivity index (χ3n) is 23.5. The molecule has 20 N–H and O–H groups in total. The fraction of sp³-hybridized carbons (Fsp3) is 0.750. The van der Waals surface area contributed by atoms with Crippen molar-refractivity contribution in [2.45, 2.75) is 57.4 Å². The molecule has 0 spiro atoms. The number of hydrogen-bond donors (Lipinski definition) is 20. The Morgan fingerprint density at radius 3 is 0.434 bits per heavy atom. The van der Waals surface area contributed by atoms with Crippen LogP contribution in [0.4, 0.5) is 0 Å². The van der Waals surface area contributed by atoms with E-state index in [4.69, 9.17) is 0 Å². The van der Waals surface area contributed by atoms with Crippen molar-refractivity contribution in [1.82, 2.24) is 121 Å². The first-order chi connectivity index (χ1) is 64.1. The maximum Gasteiger partial charge on any atom is 0.317 e. The number of hydrogen-bond acceptors (Lipinski definition) is 36. The number of carbonyl (C=O) groups is 20. The van der Waals surface area contributed by atoms with E-state index in [9.17, 15) is 157 Å². The summed E-state index contributed by atoms with van der Waals surface area (Å²) in [6.45, 7) is -5.79. The standard InChI is InChI=1S/C80H138N24O32/c1-56(101-29-21-93(45-68(117)118)13-5-89(41-64(109)110)6-14-94(22-30-101)46-69(119)120)76(133)81-37-60(105)85-53-80(88-63(108)40-84-79(136)59(4)104-35-27-99(51-74(129)130)19-11-92(44-67(115)116)12-20-100(28-36-104)52-75(131)132,54-86-61(106)38-82-77(134)57(2)102-31-23-95(47-70(121)122)15-7-90(42-65(111)112)8-16-96(24-32-102)48-71(123)124)55-87-62(107)39-83-78(135)58(3)103-33-25-97(49-72(125)126)17-9-91(43-66(113)114)10-18-98(26-34-103)50-73(127)128/h56-59H,5-55H2,1-4H3,(H,81,133)(H,82,134)(H,83,135)(H,84,136)(H,85,105)(H,86,106)(H,87,107)(H,88,108)(H,109,110)(H,111,112)(H,113,114)(H,115,116)(H,117,118)(H,119,120)(H,121,122)(H,123,124)(H,125,126)(H,127,128)(H,129,130)(H,131,132)/t56-,57-,58-,59-/m1/s1. The van der Waals surface area contributed by atoms with Crippen LogP contribution in [-0.2, 0) is 95.9 Å². The number of carboxylic acid groups (broad SMARTS) is 12. The predicted octanol–water partition coefficient (Wildman–Crippen LogP) is -13.9. The second kappa shape index (κ2) is 61.8. The number of carbonyl (C=O) groups excluding carboxylic acids is 8. The fourth-order valence-electron chi connectivity index (χ4n) is 15.5. The van der Waals surface area contributed by atoms with Gasteiger partial charge in [-0.3, -0.25) is 174 Å². The first kappa shape index (κ1) is 117. The smallest absolute Gasteiger partial charge is 0.317 e. The summed E-state index contributed by atoms with van der Waals surface area (Å²) in [5.41, 5.74) is -2.23. The molecule has 56 heteroatoms. The maximum absolute atomic E-state index is 14.9. The zero-order chi connectivity index (χ0) is 101. The van der Waals surface area contributed by atoms with Crippen LogP contribution in [0.15, 0.2) is 0 Å². The van der Waals surface area contributed by atoms with Crippen molar-refractivity contribution in [2.24, 2.45) is 0 Å². The summed E-state index contributed by atoms with van der Waals surface area (Å²) in [7, 11) is 0. The Balaban J connectivity index is 1.82. The third kappa shape index (κ3) is 49.5. The zero-order valence-corrected chi connectivity index (χ0v) is 77.6. The van der Waals surface area contributed by atoms with Crippen LogP contribution in [0.25, 0.3) is 0 Å². The minimum atomic E-state index is -2.23. The van der Waals surface area contributed by atoms with Gasteiger partial charge >= 0.3 is 71.6 Å². The molecule has 4 heterocycles. The summed E-state index contributed by atoms with van der Waals surface area (Å²) >= 11 is 0. The molecule has 4 aliphatic rings. The lowest BCUT2D eigenvalue weighted by atomic mass is 9.98. The molecule has 4 fully saturated rings. The van der Waals surface area contributed by atoms with Gasteiger partial charge in [0.05, 0.1) is 134 Å². The molecule has 136 heavy (non-hydrogen) atoms. The first-order valence-electron chi connectivity index (χ1n) is 44.6. The number of aliphatic carboxylic acids is 12. The fourth-order valence-corrected chi connectivity index (χ4v) is 15.5. The Morgan fingerprint density at radius 2 is 0.309 bits per heavy atom. The molecule has 8 amide bonds. The monoisotopic (exact) mass is 1950 g/mol. The van der Waals surface area contributed by atoms with Crippen LogP contribution in [0.5, 0.6) is 0 Å². The van der Waals surface area contributed by atoms with Crippen molar-refractivity contribution >= 4 is 119 Å². The predicted molar refractivity (Wildman–Crippen MR) is 475 cm³/mol. The normalized spacial score (nSPS) is 19.3. The van der Waals surface area contributed by atoms with Gasteiger partial charge in [0, 0.05) is 229 Å². The molecule has 0 radical (unpaired) electrons. The van der Waals surface area contributed by atoms with E-state index in [2.05, 4.69) is 42.5 Å². The Morgan fingerprint density at radius 1 is 0.191 bits per heavy atom. The van der Waals surface area contributed by atoms with E-state index in [1.807, 2.05) is 0 Å². The average Bonchev–Trinajstić information content (AvgIpc) is 0.833. The largest absolute Gasteiger partial charge is 0.480 e. The molecule has 4 rings (SSSR count). The zero-order valence-electron chi connectivity index (χ0n) is 77.6. The molecule has 770 valence electrons. The number of amides is 8. The van der Waals surface area contributed by atoms with E-state index >= 15 is 0 Å². The van der Waals surface area contributed by atoms with Gasteiger partial charge in [0.2, 0.25) is 47.3 Å². The van der Waals surface area contributed by atoms with Crippen molar-refractivity contribution < 1.29 is 157 Å². The van der Waals surface area contributed by atoms with Crippen molar-refractivity contribution in [3.8, 4) is 0 Å². The molecule has 4 atom stereocenters. The van der Waals surface area contributed by atoms with Gasteiger partial charge in [-0.15, -0.1) is 0 Å². The van der Waals surface area contributed by atoms with Gasteiger partial charge in [-0.25, -0.2) is 0 Å². The quantitative estimate of drug-likeness (QED) is 0.0269. The van der Waals surface area contributed by atoms with Crippen molar-refractivity contribution in [3.05, 3.63) is 0 Å². The molecular weight excluding hydrogens is 1810 g/mol. The van der Waals surface area contributed by atoms with Crippen LogP contribution >= 0.6 is 0 Å². The maximum atomic E-state index is 14.9. The van der Waals surface area contributed by atoms with Gasteiger partial charge in [0.1, 0.15) is 0 Å². The van der Waals surface area contributed by atoms with Crippen LogP contribution in [0.1, 0.15) is 27.7 Å². The van der Waals surface area contributed by atoms with E-state index in [1.165, 1.54) is 86.5 Å². The lowest BCUT2D eigenvalue weighted by molar-refractivity contribution is -0.141.